The molecule has 2 aromatic carbocycles. The molecule has 2 aromatic rings. The first-order valence-electron chi connectivity index (χ1n) is 14.3. The number of hydrogen-bond donors (Lipinski definition) is 0. The van der Waals surface area contributed by atoms with Gasteiger partial charge in [-0.3, -0.25) is 9.69 Å². The van der Waals surface area contributed by atoms with E-state index >= 15 is 0 Å². The molecule has 0 amide bonds. The molecule has 37 heavy (non-hydrogen) atoms. The Balaban J connectivity index is 1.54. The van der Waals surface area contributed by atoms with E-state index in [4.69, 9.17) is 9.16 Å². The lowest BCUT2D eigenvalue weighted by Gasteiger charge is -2.37. The van der Waals surface area contributed by atoms with E-state index in [0.717, 1.165) is 38.1 Å². The van der Waals surface area contributed by atoms with Crippen LogP contribution in [0.1, 0.15) is 69.9 Å². The molecular weight excluding hydrogens is 474 g/mol. The highest BCUT2D eigenvalue weighted by Crippen LogP contribution is 2.41. The van der Waals surface area contributed by atoms with Gasteiger partial charge in [-0.15, -0.1) is 0 Å². The van der Waals surface area contributed by atoms with Gasteiger partial charge < -0.3 is 9.16 Å². The number of likely N-dealkylation sites (tertiary alicyclic amines) is 1. The minimum atomic E-state index is -1.87. The number of esters is 1. The maximum atomic E-state index is 13.7. The number of ether oxygens (including phenoxy) is 1. The van der Waals surface area contributed by atoms with Gasteiger partial charge in [-0.25, -0.2) is 0 Å². The van der Waals surface area contributed by atoms with Gasteiger partial charge in [-0.05, 0) is 48.0 Å². The number of rotatable bonds is 9. The fourth-order valence-electron chi connectivity index (χ4n) is 5.81. The number of carbonyl (C=O) groups excluding carboxylic acids is 1. The summed E-state index contributed by atoms with van der Waals surface area (Å²) >= 11 is 0. The quantitative estimate of drug-likeness (QED) is 0.254. The van der Waals surface area contributed by atoms with Gasteiger partial charge in [0.05, 0.1) is 0 Å². The summed E-state index contributed by atoms with van der Waals surface area (Å²) in [5.74, 6) is 1.05. The Labute approximate surface area is 225 Å². The Morgan fingerprint density at radius 1 is 0.946 bits per heavy atom. The normalized spacial score (nSPS) is 22.6. The first-order valence-corrected chi connectivity index (χ1v) is 17.2. The Bertz CT molecular complexity index is 982. The van der Waals surface area contributed by atoms with E-state index in [0.29, 0.717) is 24.4 Å². The smallest absolute Gasteiger partial charge is 0.323 e. The SMILES string of the molecule is CC(C)(C)[Si](C)(C)OC[C@H]1CN([C@@H](C(=O)OCc2ccccc2)C2CCCCC2)C[C@@H]1c1ccccc1. The zero-order chi connectivity index (χ0) is 26.5. The summed E-state index contributed by atoms with van der Waals surface area (Å²) in [6.45, 7) is 14.4. The lowest BCUT2D eigenvalue weighted by atomic mass is 9.83. The summed E-state index contributed by atoms with van der Waals surface area (Å²) < 4.78 is 12.8. The molecule has 5 heteroatoms. The van der Waals surface area contributed by atoms with Crippen molar-refractivity contribution in [1.82, 2.24) is 4.90 Å². The second kappa shape index (κ2) is 12.3. The highest BCUT2D eigenvalue weighted by Gasteiger charge is 2.45. The first kappa shape index (κ1) is 28.1. The molecule has 0 unspecified atom stereocenters. The topological polar surface area (TPSA) is 38.8 Å². The average Bonchev–Trinajstić information content (AvgIpc) is 3.31. The van der Waals surface area contributed by atoms with E-state index in [1.807, 2.05) is 30.3 Å². The molecular formula is C32H47NO3Si. The maximum Gasteiger partial charge on any atom is 0.323 e. The van der Waals surface area contributed by atoms with Crippen molar-refractivity contribution in [1.29, 1.82) is 0 Å². The van der Waals surface area contributed by atoms with Crippen LogP contribution in [-0.4, -0.2) is 44.9 Å². The average molecular weight is 522 g/mol. The van der Waals surface area contributed by atoms with Crippen molar-refractivity contribution >= 4 is 14.3 Å². The molecule has 1 saturated carbocycles. The Morgan fingerprint density at radius 2 is 1.57 bits per heavy atom. The van der Waals surface area contributed by atoms with Crippen LogP contribution in [0, 0.1) is 11.8 Å². The molecule has 1 aliphatic heterocycles. The van der Waals surface area contributed by atoms with E-state index in [-0.39, 0.29) is 17.0 Å². The third-order valence-electron chi connectivity index (χ3n) is 9.12. The molecule has 2 aliphatic rings. The summed E-state index contributed by atoms with van der Waals surface area (Å²) in [5.41, 5.74) is 2.40. The summed E-state index contributed by atoms with van der Waals surface area (Å²) in [6.07, 6.45) is 5.92. The van der Waals surface area contributed by atoms with Crippen molar-refractivity contribution in [3.8, 4) is 0 Å². The van der Waals surface area contributed by atoms with Gasteiger partial charge in [0.25, 0.3) is 0 Å². The molecule has 202 valence electrons. The van der Waals surface area contributed by atoms with Crippen molar-refractivity contribution in [3.05, 3.63) is 71.8 Å². The molecule has 0 spiro atoms. The van der Waals surface area contributed by atoms with Gasteiger partial charge in [0.2, 0.25) is 0 Å². The van der Waals surface area contributed by atoms with E-state index in [1.54, 1.807) is 0 Å². The lowest BCUT2D eigenvalue weighted by Crippen LogP contribution is -2.47. The van der Waals surface area contributed by atoms with Crippen molar-refractivity contribution in [2.24, 2.45) is 11.8 Å². The van der Waals surface area contributed by atoms with Crippen LogP contribution < -0.4 is 0 Å². The summed E-state index contributed by atoms with van der Waals surface area (Å²) in [5, 5.41) is 0.180. The zero-order valence-electron chi connectivity index (χ0n) is 23.6. The predicted molar refractivity (Wildman–Crippen MR) is 154 cm³/mol. The van der Waals surface area contributed by atoms with Gasteiger partial charge in [0, 0.05) is 31.5 Å². The molecule has 0 aromatic heterocycles. The molecule has 4 rings (SSSR count). The van der Waals surface area contributed by atoms with Crippen LogP contribution in [-0.2, 0) is 20.6 Å². The van der Waals surface area contributed by atoms with Crippen LogP contribution in [0.25, 0.3) is 0 Å². The predicted octanol–water partition coefficient (Wildman–Crippen LogP) is 7.42. The monoisotopic (exact) mass is 521 g/mol. The van der Waals surface area contributed by atoms with E-state index in [1.165, 1.54) is 24.8 Å². The molecule has 2 fully saturated rings. The molecule has 0 N–H and O–H groups in total. The molecule has 3 atom stereocenters. The number of carbonyl (C=O) groups is 1. The molecule has 0 bridgehead atoms. The Morgan fingerprint density at radius 3 is 2.19 bits per heavy atom. The lowest BCUT2D eigenvalue weighted by molar-refractivity contribution is -0.154. The zero-order valence-corrected chi connectivity index (χ0v) is 24.6. The number of benzene rings is 2. The molecule has 4 nitrogen and oxygen atoms in total. The van der Waals surface area contributed by atoms with Gasteiger partial charge >= 0.3 is 5.97 Å². The van der Waals surface area contributed by atoms with Crippen LogP contribution in [0.5, 0.6) is 0 Å². The summed E-state index contributed by atoms with van der Waals surface area (Å²) in [6, 6.07) is 20.7. The Hall–Kier alpha value is -1.95. The summed E-state index contributed by atoms with van der Waals surface area (Å²) in [7, 11) is -1.87. The van der Waals surface area contributed by atoms with E-state index in [2.05, 4.69) is 69.1 Å². The van der Waals surface area contributed by atoms with Gasteiger partial charge in [0.1, 0.15) is 12.6 Å². The molecule has 1 heterocycles. The standard InChI is InChI=1S/C32H47NO3Si/c1-32(2,3)37(4,5)36-24-28-21-33(22-29(28)26-17-11-7-12-18-26)30(27-19-13-8-14-20-27)31(34)35-23-25-15-9-6-10-16-25/h6-7,9-12,15-18,27-30H,8,13-14,19-24H2,1-5H3/t28-,29-,30-/m1/s1. The van der Waals surface area contributed by atoms with Crippen LogP contribution in [0.2, 0.25) is 18.1 Å². The summed E-state index contributed by atoms with van der Waals surface area (Å²) in [4.78, 5) is 16.2. The second-order valence-corrected chi connectivity index (χ2v) is 17.5. The van der Waals surface area contributed by atoms with Gasteiger partial charge in [-0.2, -0.15) is 0 Å². The minimum absolute atomic E-state index is 0.0477. The largest absolute Gasteiger partial charge is 0.460 e. The molecule has 1 saturated heterocycles. The minimum Gasteiger partial charge on any atom is -0.460 e. The van der Waals surface area contributed by atoms with E-state index in [9.17, 15) is 4.79 Å². The second-order valence-electron chi connectivity index (χ2n) is 12.7. The maximum absolute atomic E-state index is 13.7. The molecule has 0 radical (unpaired) electrons. The van der Waals surface area contributed by atoms with E-state index < -0.39 is 8.32 Å². The van der Waals surface area contributed by atoms with Crippen LogP contribution in [0.3, 0.4) is 0 Å². The highest BCUT2D eigenvalue weighted by molar-refractivity contribution is 6.74. The van der Waals surface area contributed by atoms with Crippen LogP contribution in [0.15, 0.2) is 60.7 Å². The van der Waals surface area contributed by atoms with Crippen LogP contribution >= 0.6 is 0 Å². The highest BCUT2D eigenvalue weighted by atomic mass is 28.4. The molecule has 1 aliphatic carbocycles. The van der Waals surface area contributed by atoms with Gasteiger partial charge in [-0.1, -0.05) is 101 Å². The fraction of sp³-hybridized carbons (Fsp3) is 0.594. The van der Waals surface area contributed by atoms with Crippen molar-refractivity contribution in [2.45, 2.75) is 89.6 Å². The fourth-order valence-corrected chi connectivity index (χ4v) is 6.88. The van der Waals surface area contributed by atoms with Crippen molar-refractivity contribution < 1.29 is 14.0 Å². The van der Waals surface area contributed by atoms with Crippen LogP contribution in [0.4, 0.5) is 0 Å². The third-order valence-corrected chi connectivity index (χ3v) is 13.6. The Kier molecular flexibility index (Phi) is 9.31. The number of hydrogen-bond acceptors (Lipinski definition) is 4. The van der Waals surface area contributed by atoms with Crippen molar-refractivity contribution in [2.75, 3.05) is 19.7 Å². The van der Waals surface area contributed by atoms with Crippen molar-refractivity contribution in [3.63, 3.8) is 0 Å². The van der Waals surface area contributed by atoms with Gasteiger partial charge in [0.15, 0.2) is 8.32 Å². The first-order chi connectivity index (χ1) is 17.7. The third kappa shape index (κ3) is 7.13. The number of nitrogens with zero attached hydrogens (tertiary/aromatic N) is 1.